The number of carbonyl (C=O) groups excluding carboxylic acids is 1. The van der Waals surface area contributed by atoms with Gasteiger partial charge in [-0.05, 0) is 49.1 Å². The van der Waals surface area contributed by atoms with Crippen LogP contribution >= 0.6 is 11.6 Å². The molecule has 0 spiro atoms. The second kappa shape index (κ2) is 11.8. The molecule has 0 saturated carbocycles. The van der Waals surface area contributed by atoms with E-state index in [1.807, 2.05) is 12.1 Å². The molecule has 1 aromatic heterocycles. The summed E-state index contributed by atoms with van der Waals surface area (Å²) in [5.41, 5.74) is 1.09. The Morgan fingerprint density at radius 2 is 1.94 bits per heavy atom. The number of amides is 1. The molecule has 4 rings (SSSR count). The molecule has 0 unspecified atom stereocenters. The van der Waals surface area contributed by atoms with Gasteiger partial charge in [-0.25, -0.2) is 8.42 Å². The zero-order valence-electron chi connectivity index (χ0n) is 19.3. The van der Waals surface area contributed by atoms with E-state index in [1.165, 1.54) is 16.4 Å². The van der Waals surface area contributed by atoms with Crippen molar-refractivity contribution in [3.63, 3.8) is 0 Å². The van der Waals surface area contributed by atoms with E-state index in [-0.39, 0.29) is 48.1 Å². The van der Waals surface area contributed by atoms with Crippen molar-refractivity contribution >= 4 is 27.5 Å². The topological polar surface area (TPSA) is 118 Å². The number of halogens is 1. The van der Waals surface area contributed by atoms with Crippen LogP contribution in [0.3, 0.4) is 0 Å². The van der Waals surface area contributed by atoms with Gasteiger partial charge in [0.15, 0.2) is 0 Å². The Morgan fingerprint density at radius 3 is 2.71 bits per heavy atom. The Balaban J connectivity index is 1.40. The molecule has 9 nitrogen and oxygen atoms in total. The number of hydrogen-bond acceptors (Lipinski definition) is 7. The van der Waals surface area contributed by atoms with Crippen molar-refractivity contribution in [1.29, 1.82) is 0 Å². The first-order valence-corrected chi connectivity index (χ1v) is 13.5. The van der Waals surface area contributed by atoms with Crippen molar-refractivity contribution in [2.75, 3.05) is 26.3 Å². The number of benzene rings is 1. The fourth-order valence-electron chi connectivity index (χ4n) is 4.53. The van der Waals surface area contributed by atoms with Crippen LogP contribution in [-0.4, -0.2) is 79.4 Å². The number of sulfonamides is 1. The van der Waals surface area contributed by atoms with Gasteiger partial charge in [0, 0.05) is 25.5 Å². The monoisotopic (exact) mass is 523 g/mol. The summed E-state index contributed by atoms with van der Waals surface area (Å²) in [6.07, 6.45) is 3.40. The van der Waals surface area contributed by atoms with Gasteiger partial charge in [0.2, 0.25) is 15.9 Å². The van der Waals surface area contributed by atoms with Crippen LogP contribution in [-0.2, 0) is 30.7 Å². The average Bonchev–Trinajstić information content (AvgIpc) is 2.82. The minimum Gasteiger partial charge on any atom is -0.389 e. The maximum absolute atomic E-state index is 13.5. The highest BCUT2D eigenvalue weighted by molar-refractivity contribution is 7.89. The van der Waals surface area contributed by atoms with Gasteiger partial charge in [0.1, 0.15) is 4.90 Å². The van der Waals surface area contributed by atoms with E-state index in [1.54, 1.807) is 24.5 Å². The van der Waals surface area contributed by atoms with E-state index in [0.29, 0.717) is 25.8 Å². The number of pyridine rings is 1. The number of ether oxygens (including phenoxy) is 2. The summed E-state index contributed by atoms with van der Waals surface area (Å²) < 4.78 is 40.1. The van der Waals surface area contributed by atoms with Crippen LogP contribution in [0.25, 0.3) is 0 Å². The van der Waals surface area contributed by atoms with E-state index in [4.69, 9.17) is 21.1 Å². The van der Waals surface area contributed by atoms with E-state index in [9.17, 15) is 18.3 Å². The molecule has 4 atom stereocenters. The highest BCUT2D eigenvalue weighted by Gasteiger charge is 2.43. The van der Waals surface area contributed by atoms with Crippen LogP contribution in [0.5, 0.6) is 0 Å². The summed E-state index contributed by atoms with van der Waals surface area (Å²) in [6.45, 7) is 0.489. The lowest BCUT2D eigenvalue weighted by Crippen LogP contribution is -2.57. The lowest BCUT2D eigenvalue weighted by molar-refractivity contribution is -0.146. The minimum absolute atomic E-state index is 0.00944. The Hall–Kier alpha value is -2.08. The Bertz CT molecular complexity index is 1100. The lowest BCUT2D eigenvalue weighted by atomic mass is 9.96. The first-order chi connectivity index (χ1) is 16.8. The van der Waals surface area contributed by atoms with Gasteiger partial charge in [-0.3, -0.25) is 9.78 Å². The van der Waals surface area contributed by atoms with Crippen molar-refractivity contribution in [2.24, 2.45) is 0 Å². The molecule has 11 heteroatoms. The van der Waals surface area contributed by atoms with Gasteiger partial charge in [-0.15, -0.1) is 0 Å². The number of β-amino-alcohol motifs (C(OH)–C–C–N with tert-alkyl or cyclic N) is 1. The van der Waals surface area contributed by atoms with Crippen LogP contribution in [0.4, 0.5) is 0 Å². The molecule has 2 fully saturated rings. The van der Waals surface area contributed by atoms with Crippen molar-refractivity contribution in [2.45, 2.75) is 54.9 Å². The molecule has 2 aromatic rings. The molecule has 0 radical (unpaired) electrons. The molecule has 2 saturated heterocycles. The number of fused-ring (bicyclic) bond motifs is 1. The van der Waals surface area contributed by atoms with Crippen molar-refractivity contribution in [1.82, 2.24) is 14.6 Å². The quantitative estimate of drug-likeness (QED) is 0.568. The first kappa shape index (κ1) is 26.0. The van der Waals surface area contributed by atoms with Crippen LogP contribution in [0.1, 0.15) is 24.8 Å². The number of rotatable bonds is 7. The second-order valence-electron chi connectivity index (χ2n) is 8.80. The third kappa shape index (κ3) is 6.58. The molecule has 2 aliphatic heterocycles. The van der Waals surface area contributed by atoms with Gasteiger partial charge >= 0.3 is 0 Å². The SMILES string of the molecule is O=C(C[C@@H]1CC[C@H]2[C@@H](COC[C@H](O)CN2S(=O)(=O)c2ccccc2Cl)O1)NCCc1ccncc1. The molecule has 0 aliphatic carbocycles. The lowest BCUT2D eigenvalue weighted by Gasteiger charge is -2.43. The minimum atomic E-state index is -3.99. The maximum Gasteiger partial charge on any atom is 0.244 e. The summed E-state index contributed by atoms with van der Waals surface area (Å²) in [5, 5.41) is 13.4. The number of nitrogens with one attached hydrogen (secondary N) is 1. The summed E-state index contributed by atoms with van der Waals surface area (Å²) in [6, 6.07) is 9.52. The predicted molar refractivity (Wildman–Crippen MR) is 129 cm³/mol. The van der Waals surface area contributed by atoms with Gasteiger partial charge in [0.25, 0.3) is 0 Å². The molecule has 2 aliphatic rings. The van der Waals surface area contributed by atoms with Gasteiger partial charge in [0.05, 0.1) is 49.0 Å². The molecule has 1 amide bonds. The van der Waals surface area contributed by atoms with Gasteiger partial charge in [-0.1, -0.05) is 23.7 Å². The number of aromatic nitrogens is 1. The highest BCUT2D eigenvalue weighted by atomic mass is 35.5. The zero-order chi connectivity index (χ0) is 24.8. The summed E-state index contributed by atoms with van der Waals surface area (Å²) in [5.74, 6) is -0.120. The molecule has 0 bridgehead atoms. The third-order valence-corrected chi connectivity index (χ3v) is 8.65. The molecule has 3 heterocycles. The van der Waals surface area contributed by atoms with E-state index < -0.39 is 28.3 Å². The number of aliphatic hydroxyl groups is 1. The number of carbonyl (C=O) groups is 1. The zero-order valence-corrected chi connectivity index (χ0v) is 20.8. The van der Waals surface area contributed by atoms with Crippen molar-refractivity contribution in [3.05, 3.63) is 59.4 Å². The van der Waals surface area contributed by atoms with Gasteiger partial charge < -0.3 is 19.9 Å². The largest absolute Gasteiger partial charge is 0.389 e. The van der Waals surface area contributed by atoms with Crippen molar-refractivity contribution in [3.8, 4) is 0 Å². The third-order valence-electron chi connectivity index (χ3n) is 6.26. The number of hydrogen-bond donors (Lipinski definition) is 2. The molecular weight excluding hydrogens is 494 g/mol. The molecule has 2 N–H and O–H groups in total. The Labute approximate surface area is 210 Å². The molecule has 1 aromatic carbocycles. The van der Waals surface area contributed by atoms with Gasteiger partial charge in [-0.2, -0.15) is 4.31 Å². The fraction of sp³-hybridized carbons (Fsp3) is 0.500. The smallest absolute Gasteiger partial charge is 0.244 e. The summed E-state index contributed by atoms with van der Waals surface area (Å²) in [7, 11) is -3.99. The van der Waals surface area contributed by atoms with E-state index >= 15 is 0 Å². The van der Waals surface area contributed by atoms with E-state index in [2.05, 4.69) is 10.3 Å². The highest BCUT2D eigenvalue weighted by Crippen LogP contribution is 2.33. The van der Waals surface area contributed by atoms with Crippen LogP contribution in [0, 0.1) is 0 Å². The predicted octanol–water partition coefficient (Wildman–Crippen LogP) is 1.78. The molecule has 35 heavy (non-hydrogen) atoms. The number of nitrogens with zero attached hydrogens (tertiary/aromatic N) is 2. The fourth-order valence-corrected chi connectivity index (χ4v) is 6.74. The Morgan fingerprint density at radius 1 is 1.17 bits per heavy atom. The second-order valence-corrected chi connectivity index (χ2v) is 11.1. The standard InChI is InChI=1S/C24H30ClN3O6S/c25-20-3-1-2-4-23(20)35(31,32)28-14-18(29)15-33-16-22-21(28)6-5-19(34-22)13-24(30)27-12-9-17-7-10-26-11-8-17/h1-4,7-8,10-11,18-19,21-22,29H,5-6,9,12-16H2,(H,27,30)/t18-,19+,21+,22-/m1/s1. The van der Waals surface area contributed by atoms with Crippen molar-refractivity contribution < 1.29 is 27.8 Å². The Kier molecular flexibility index (Phi) is 8.74. The summed E-state index contributed by atoms with van der Waals surface area (Å²) >= 11 is 6.20. The van der Waals surface area contributed by atoms with Crippen LogP contribution < -0.4 is 5.32 Å². The average molecular weight is 524 g/mol. The van der Waals surface area contributed by atoms with Crippen LogP contribution in [0.2, 0.25) is 5.02 Å². The first-order valence-electron chi connectivity index (χ1n) is 11.7. The normalized spacial score (nSPS) is 25.8. The summed E-state index contributed by atoms with van der Waals surface area (Å²) in [4.78, 5) is 16.5. The van der Waals surface area contributed by atoms with Crippen LogP contribution in [0.15, 0.2) is 53.7 Å². The van der Waals surface area contributed by atoms with E-state index in [0.717, 1.165) is 5.56 Å². The molecular formula is C24H30ClN3O6S. The maximum atomic E-state index is 13.5. The molecule has 190 valence electrons. The number of aliphatic hydroxyl groups excluding tert-OH is 1.